The zero-order valence-corrected chi connectivity index (χ0v) is 9.69. The minimum atomic E-state index is -0.329. The first kappa shape index (κ1) is 12.1. The molecule has 0 amide bonds. The van der Waals surface area contributed by atoms with Crippen LogP contribution in [0, 0.1) is 11.2 Å². The zero-order chi connectivity index (χ0) is 13.0. The summed E-state index contributed by atoms with van der Waals surface area (Å²) in [5.74, 6) is 0.163. The number of rotatable bonds is 4. The summed E-state index contributed by atoms with van der Waals surface area (Å²) in [7, 11) is 0. The molecular formula is C14H13FN2O. The third-order valence-corrected chi connectivity index (χ3v) is 2.44. The third-order valence-electron chi connectivity index (χ3n) is 2.44. The van der Waals surface area contributed by atoms with E-state index in [1.165, 1.54) is 12.1 Å². The van der Waals surface area contributed by atoms with Crippen LogP contribution in [0.2, 0.25) is 0 Å². The number of benzene rings is 2. The monoisotopic (exact) mass is 244 g/mol. The molecular weight excluding hydrogens is 231 g/mol. The fourth-order valence-electron chi connectivity index (χ4n) is 1.55. The van der Waals surface area contributed by atoms with Crippen LogP contribution < -0.4 is 10.5 Å². The predicted molar refractivity (Wildman–Crippen MR) is 68.2 cm³/mol. The highest BCUT2D eigenvalue weighted by Crippen LogP contribution is 2.14. The Bertz CT molecular complexity index is 569. The van der Waals surface area contributed by atoms with Crippen LogP contribution in [0.15, 0.2) is 48.5 Å². The van der Waals surface area contributed by atoms with E-state index in [0.29, 0.717) is 17.9 Å². The molecule has 0 saturated carbocycles. The van der Waals surface area contributed by atoms with Gasteiger partial charge in [0, 0.05) is 11.6 Å². The molecule has 2 aromatic rings. The lowest BCUT2D eigenvalue weighted by Crippen LogP contribution is -2.11. The number of hydrogen-bond acceptors (Lipinski definition) is 2. The van der Waals surface area contributed by atoms with Gasteiger partial charge in [-0.2, -0.15) is 0 Å². The highest BCUT2D eigenvalue weighted by molar-refractivity contribution is 5.95. The SMILES string of the molecule is N=C(N)c1cccc(COc2cccc(F)c2)c1. The van der Waals surface area contributed by atoms with E-state index in [1.807, 2.05) is 6.07 Å². The molecule has 18 heavy (non-hydrogen) atoms. The van der Waals surface area contributed by atoms with Crippen molar-refractivity contribution in [2.45, 2.75) is 6.61 Å². The van der Waals surface area contributed by atoms with E-state index in [0.717, 1.165) is 5.56 Å². The molecule has 0 aliphatic rings. The van der Waals surface area contributed by atoms with Crippen molar-refractivity contribution in [1.82, 2.24) is 0 Å². The van der Waals surface area contributed by atoms with Crippen LogP contribution in [-0.4, -0.2) is 5.84 Å². The number of nitrogen functional groups attached to an aromatic ring is 1. The Kier molecular flexibility index (Phi) is 3.57. The number of nitrogens with one attached hydrogen (secondary N) is 1. The highest BCUT2D eigenvalue weighted by atomic mass is 19.1. The van der Waals surface area contributed by atoms with Gasteiger partial charge in [-0.3, -0.25) is 5.41 Å². The second-order valence-corrected chi connectivity index (χ2v) is 3.86. The van der Waals surface area contributed by atoms with Gasteiger partial charge in [-0.1, -0.05) is 24.3 Å². The maximum Gasteiger partial charge on any atom is 0.126 e. The number of hydrogen-bond donors (Lipinski definition) is 2. The van der Waals surface area contributed by atoms with Crippen LogP contribution >= 0.6 is 0 Å². The van der Waals surface area contributed by atoms with Crippen molar-refractivity contribution in [2.75, 3.05) is 0 Å². The Morgan fingerprint density at radius 2 is 1.94 bits per heavy atom. The summed E-state index contributed by atoms with van der Waals surface area (Å²) in [6.07, 6.45) is 0. The minimum Gasteiger partial charge on any atom is -0.489 e. The van der Waals surface area contributed by atoms with Gasteiger partial charge in [-0.25, -0.2) is 4.39 Å². The molecule has 4 heteroatoms. The molecule has 0 aliphatic carbocycles. The number of amidine groups is 1. The molecule has 3 N–H and O–H groups in total. The van der Waals surface area contributed by atoms with Gasteiger partial charge in [0.25, 0.3) is 0 Å². The van der Waals surface area contributed by atoms with Gasteiger partial charge in [0.15, 0.2) is 0 Å². The Labute approximate surface area is 105 Å². The van der Waals surface area contributed by atoms with Crippen LogP contribution in [0.25, 0.3) is 0 Å². The standard InChI is InChI=1S/C14H13FN2O/c15-12-5-2-6-13(8-12)18-9-10-3-1-4-11(7-10)14(16)17/h1-8H,9H2,(H3,16,17). The largest absolute Gasteiger partial charge is 0.489 e. The van der Waals surface area contributed by atoms with Gasteiger partial charge in [-0.05, 0) is 23.8 Å². The van der Waals surface area contributed by atoms with Gasteiger partial charge < -0.3 is 10.5 Å². The van der Waals surface area contributed by atoms with Crippen LogP contribution in [0.5, 0.6) is 5.75 Å². The Morgan fingerprint density at radius 1 is 1.17 bits per heavy atom. The predicted octanol–water partition coefficient (Wildman–Crippen LogP) is 2.69. The molecule has 2 aromatic carbocycles. The van der Waals surface area contributed by atoms with Crippen LogP contribution in [-0.2, 0) is 6.61 Å². The molecule has 92 valence electrons. The lowest BCUT2D eigenvalue weighted by atomic mass is 10.1. The van der Waals surface area contributed by atoms with Gasteiger partial charge in [0.2, 0.25) is 0 Å². The van der Waals surface area contributed by atoms with Crippen molar-refractivity contribution >= 4 is 5.84 Å². The Hall–Kier alpha value is -2.36. The van der Waals surface area contributed by atoms with Crippen molar-refractivity contribution in [1.29, 1.82) is 5.41 Å². The molecule has 0 saturated heterocycles. The van der Waals surface area contributed by atoms with Crippen LogP contribution in [0.1, 0.15) is 11.1 Å². The van der Waals surface area contributed by atoms with Crippen molar-refractivity contribution in [3.8, 4) is 5.75 Å². The first-order chi connectivity index (χ1) is 8.65. The van der Waals surface area contributed by atoms with Gasteiger partial charge in [0.1, 0.15) is 24.0 Å². The second kappa shape index (κ2) is 5.31. The summed E-state index contributed by atoms with van der Waals surface area (Å²) in [5.41, 5.74) is 6.93. The summed E-state index contributed by atoms with van der Waals surface area (Å²) < 4.78 is 18.4. The Balaban J connectivity index is 2.06. The zero-order valence-electron chi connectivity index (χ0n) is 9.69. The van der Waals surface area contributed by atoms with E-state index >= 15 is 0 Å². The van der Waals surface area contributed by atoms with E-state index in [1.54, 1.807) is 30.3 Å². The summed E-state index contributed by atoms with van der Waals surface area (Å²) in [5, 5.41) is 7.34. The van der Waals surface area contributed by atoms with E-state index < -0.39 is 0 Å². The molecule has 0 aromatic heterocycles. The number of nitrogens with two attached hydrogens (primary N) is 1. The fraction of sp³-hybridized carbons (Fsp3) is 0.0714. The molecule has 0 heterocycles. The quantitative estimate of drug-likeness (QED) is 0.641. The fourth-order valence-corrected chi connectivity index (χ4v) is 1.55. The molecule has 2 rings (SSSR count). The van der Waals surface area contributed by atoms with Gasteiger partial charge in [0.05, 0.1) is 0 Å². The van der Waals surface area contributed by atoms with Crippen LogP contribution in [0.4, 0.5) is 4.39 Å². The van der Waals surface area contributed by atoms with Crippen LogP contribution in [0.3, 0.4) is 0 Å². The highest BCUT2D eigenvalue weighted by Gasteiger charge is 2.00. The van der Waals surface area contributed by atoms with E-state index in [-0.39, 0.29) is 11.7 Å². The number of halogens is 1. The average Bonchev–Trinajstić information content (AvgIpc) is 2.37. The average molecular weight is 244 g/mol. The summed E-state index contributed by atoms with van der Waals surface area (Å²) in [6.45, 7) is 0.310. The normalized spacial score (nSPS) is 10.1. The molecule has 0 spiro atoms. The first-order valence-corrected chi connectivity index (χ1v) is 5.47. The summed E-state index contributed by atoms with van der Waals surface area (Å²) in [6, 6.07) is 13.2. The van der Waals surface area contributed by atoms with Gasteiger partial charge >= 0.3 is 0 Å². The van der Waals surface area contributed by atoms with Crippen molar-refractivity contribution < 1.29 is 9.13 Å². The lowest BCUT2D eigenvalue weighted by molar-refractivity contribution is 0.304. The molecule has 0 bridgehead atoms. The molecule has 0 aliphatic heterocycles. The molecule has 0 radical (unpaired) electrons. The smallest absolute Gasteiger partial charge is 0.126 e. The second-order valence-electron chi connectivity index (χ2n) is 3.86. The maximum absolute atomic E-state index is 12.9. The van der Waals surface area contributed by atoms with Crippen molar-refractivity contribution in [2.24, 2.45) is 5.73 Å². The van der Waals surface area contributed by atoms with Gasteiger partial charge in [-0.15, -0.1) is 0 Å². The number of ether oxygens (including phenoxy) is 1. The molecule has 0 unspecified atom stereocenters. The topological polar surface area (TPSA) is 59.1 Å². The summed E-state index contributed by atoms with van der Waals surface area (Å²) in [4.78, 5) is 0. The van der Waals surface area contributed by atoms with E-state index in [9.17, 15) is 4.39 Å². The first-order valence-electron chi connectivity index (χ1n) is 5.47. The van der Waals surface area contributed by atoms with E-state index in [4.69, 9.17) is 15.9 Å². The minimum absolute atomic E-state index is 0.0163. The Morgan fingerprint density at radius 3 is 2.67 bits per heavy atom. The molecule has 3 nitrogen and oxygen atoms in total. The van der Waals surface area contributed by atoms with E-state index in [2.05, 4.69) is 0 Å². The van der Waals surface area contributed by atoms with Crippen molar-refractivity contribution in [3.05, 3.63) is 65.5 Å². The summed E-state index contributed by atoms with van der Waals surface area (Å²) >= 11 is 0. The molecule has 0 atom stereocenters. The lowest BCUT2D eigenvalue weighted by Gasteiger charge is -2.07. The maximum atomic E-state index is 12.9. The third kappa shape index (κ3) is 3.07. The van der Waals surface area contributed by atoms with Crippen molar-refractivity contribution in [3.63, 3.8) is 0 Å². The molecule has 0 fully saturated rings.